The molecule has 1 amide bonds. The molecule has 2 aromatic carbocycles. The first kappa shape index (κ1) is 18.2. The SMILES string of the molecule is CCc1ccccc1NC(=O)c1scc(-c2ccc(F)cc2)c1-n1cccc1. The number of nitrogens with one attached hydrogen (secondary N) is 1. The summed E-state index contributed by atoms with van der Waals surface area (Å²) in [7, 11) is 0. The van der Waals surface area contributed by atoms with Crippen LogP contribution in [0.4, 0.5) is 10.1 Å². The van der Waals surface area contributed by atoms with Gasteiger partial charge in [0, 0.05) is 29.0 Å². The molecule has 2 heterocycles. The van der Waals surface area contributed by atoms with Crippen molar-refractivity contribution in [2.45, 2.75) is 13.3 Å². The summed E-state index contributed by atoms with van der Waals surface area (Å²) >= 11 is 1.39. The predicted octanol–water partition coefficient (Wildman–Crippen LogP) is 6.16. The first-order chi connectivity index (χ1) is 13.7. The number of para-hydroxylation sites is 1. The van der Waals surface area contributed by atoms with E-state index in [0.29, 0.717) is 4.88 Å². The van der Waals surface area contributed by atoms with Crippen molar-refractivity contribution in [3.05, 3.63) is 94.7 Å². The molecule has 0 saturated carbocycles. The second-order valence-corrected chi connectivity index (χ2v) is 7.27. The average molecular weight is 390 g/mol. The molecule has 0 atom stereocenters. The molecule has 5 heteroatoms. The van der Waals surface area contributed by atoms with Gasteiger partial charge < -0.3 is 9.88 Å². The summed E-state index contributed by atoms with van der Waals surface area (Å²) in [5, 5.41) is 5.00. The van der Waals surface area contributed by atoms with Crippen LogP contribution in [-0.2, 0) is 6.42 Å². The predicted molar refractivity (Wildman–Crippen MR) is 113 cm³/mol. The lowest BCUT2D eigenvalue weighted by molar-refractivity contribution is 0.103. The summed E-state index contributed by atoms with van der Waals surface area (Å²) in [6.07, 6.45) is 4.66. The molecule has 0 spiro atoms. The summed E-state index contributed by atoms with van der Waals surface area (Å²) in [5.41, 5.74) is 4.48. The third-order valence-electron chi connectivity index (χ3n) is 4.64. The molecule has 0 aliphatic carbocycles. The number of rotatable bonds is 5. The van der Waals surface area contributed by atoms with Crippen LogP contribution in [0.15, 0.2) is 78.4 Å². The zero-order valence-electron chi connectivity index (χ0n) is 15.4. The van der Waals surface area contributed by atoms with E-state index in [2.05, 4.69) is 12.2 Å². The smallest absolute Gasteiger partial charge is 0.267 e. The van der Waals surface area contributed by atoms with Crippen LogP contribution in [-0.4, -0.2) is 10.5 Å². The zero-order valence-corrected chi connectivity index (χ0v) is 16.2. The molecule has 0 radical (unpaired) electrons. The molecule has 0 bridgehead atoms. The number of halogens is 1. The highest BCUT2D eigenvalue weighted by Gasteiger charge is 2.21. The van der Waals surface area contributed by atoms with Crippen molar-refractivity contribution in [3.63, 3.8) is 0 Å². The average Bonchev–Trinajstić information content (AvgIpc) is 3.38. The van der Waals surface area contributed by atoms with Crippen LogP contribution < -0.4 is 5.32 Å². The second kappa shape index (κ2) is 7.82. The van der Waals surface area contributed by atoms with Crippen molar-refractivity contribution in [2.24, 2.45) is 0 Å². The van der Waals surface area contributed by atoms with Crippen LogP contribution in [0, 0.1) is 5.82 Å². The molecular weight excluding hydrogens is 371 g/mol. The fourth-order valence-electron chi connectivity index (χ4n) is 3.22. The minimum Gasteiger partial charge on any atom is -0.322 e. The van der Waals surface area contributed by atoms with Gasteiger partial charge in [-0.25, -0.2) is 4.39 Å². The van der Waals surface area contributed by atoms with Gasteiger partial charge in [0.05, 0.1) is 5.69 Å². The van der Waals surface area contributed by atoms with E-state index in [9.17, 15) is 9.18 Å². The number of carbonyl (C=O) groups excluding carboxylic acids is 1. The van der Waals surface area contributed by atoms with E-state index in [4.69, 9.17) is 0 Å². The molecule has 0 aliphatic heterocycles. The number of carbonyl (C=O) groups is 1. The van der Waals surface area contributed by atoms with E-state index in [1.165, 1.54) is 23.5 Å². The van der Waals surface area contributed by atoms with Crippen molar-refractivity contribution in [3.8, 4) is 16.8 Å². The van der Waals surface area contributed by atoms with Gasteiger partial charge in [0.25, 0.3) is 5.91 Å². The van der Waals surface area contributed by atoms with Crippen LogP contribution in [0.25, 0.3) is 16.8 Å². The largest absolute Gasteiger partial charge is 0.322 e. The molecule has 4 rings (SSSR count). The summed E-state index contributed by atoms with van der Waals surface area (Å²) < 4.78 is 15.3. The Morgan fingerprint density at radius 2 is 1.75 bits per heavy atom. The number of aromatic nitrogens is 1. The van der Waals surface area contributed by atoms with Crippen LogP contribution in [0.3, 0.4) is 0 Å². The van der Waals surface area contributed by atoms with Crippen molar-refractivity contribution >= 4 is 22.9 Å². The highest BCUT2D eigenvalue weighted by atomic mass is 32.1. The van der Waals surface area contributed by atoms with Crippen LogP contribution >= 0.6 is 11.3 Å². The number of nitrogens with zero attached hydrogens (tertiary/aromatic N) is 1. The van der Waals surface area contributed by atoms with Crippen LogP contribution in [0.1, 0.15) is 22.2 Å². The third kappa shape index (κ3) is 3.49. The summed E-state index contributed by atoms with van der Waals surface area (Å²) in [6, 6.07) is 18.0. The number of benzene rings is 2. The standard InChI is InChI=1S/C23H19FN2OS/c1-2-16-7-3-4-8-20(16)25-23(27)22-21(26-13-5-6-14-26)19(15-28-22)17-9-11-18(24)12-10-17/h3-15H,2H2,1H3,(H,25,27). The summed E-state index contributed by atoms with van der Waals surface area (Å²) in [6.45, 7) is 2.06. The maximum absolute atomic E-state index is 13.4. The topological polar surface area (TPSA) is 34.0 Å². The Morgan fingerprint density at radius 3 is 2.46 bits per heavy atom. The molecule has 1 N–H and O–H groups in total. The van der Waals surface area contributed by atoms with Gasteiger partial charge in [-0.05, 0) is 47.9 Å². The molecule has 0 unspecified atom stereocenters. The first-order valence-corrected chi connectivity index (χ1v) is 9.95. The molecule has 0 saturated heterocycles. The van der Waals surface area contributed by atoms with Gasteiger partial charge in [-0.3, -0.25) is 4.79 Å². The van der Waals surface area contributed by atoms with Crippen LogP contribution in [0.2, 0.25) is 0 Å². The zero-order chi connectivity index (χ0) is 19.5. The Balaban J connectivity index is 1.77. The Morgan fingerprint density at radius 1 is 1.04 bits per heavy atom. The number of amides is 1. The minimum absolute atomic E-state index is 0.150. The van der Waals surface area contributed by atoms with Gasteiger partial charge in [-0.15, -0.1) is 11.3 Å². The van der Waals surface area contributed by atoms with Crippen molar-refractivity contribution < 1.29 is 9.18 Å². The number of anilines is 1. The quantitative estimate of drug-likeness (QED) is 0.435. The Kier molecular flexibility index (Phi) is 5.08. The van der Waals surface area contributed by atoms with Crippen molar-refractivity contribution in [1.29, 1.82) is 0 Å². The Bertz CT molecular complexity index is 1100. The van der Waals surface area contributed by atoms with E-state index in [0.717, 1.165) is 34.5 Å². The summed E-state index contributed by atoms with van der Waals surface area (Å²) in [5.74, 6) is -0.432. The van der Waals surface area contributed by atoms with Gasteiger partial charge in [-0.1, -0.05) is 37.3 Å². The number of aryl methyl sites for hydroxylation is 1. The molecule has 3 nitrogen and oxygen atoms in total. The fraction of sp³-hybridized carbons (Fsp3) is 0.0870. The Labute approximate surface area is 167 Å². The maximum Gasteiger partial charge on any atom is 0.267 e. The van der Waals surface area contributed by atoms with Gasteiger partial charge in [0.2, 0.25) is 0 Å². The lowest BCUT2D eigenvalue weighted by atomic mass is 10.1. The number of hydrogen-bond donors (Lipinski definition) is 1. The fourth-order valence-corrected chi connectivity index (χ4v) is 4.19. The molecule has 28 heavy (non-hydrogen) atoms. The molecular formula is C23H19FN2OS. The molecule has 0 aliphatic rings. The van der Waals surface area contributed by atoms with E-state index in [-0.39, 0.29) is 11.7 Å². The summed E-state index contributed by atoms with van der Waals surface area (Å²) in [4.78, 5) is 13.7. The third-order valence-corrected chi connectivity index (χ3v) is 5.60. The number of thiophene rings is 1. The van der Waals surface area contributed by atoms with Crippen LogP contribution in [0.5, 0.6) is 0 Å². The van der Waals surface area contributed by atoms with E-state index in [1.54, 1.807) is 12.1 Å². The van der Waals surface area contributed by atoms with Gasteiger partial charge in [0.15, 0.2) is 0 Å². The first-order valence-electron chi connectivity index (χ1n) is 9.07. The molecule has 2 aromatic heterocycles. The van der Waals surface area contributed by atoms with Gasteiger partial charge in [0.1, 0.15) is 10.7 Å². The molecule has 0 fully saturated rings. The lowest BCUT2D eigenvalue weighted by Gasteiger charge is -2.12. The van der Waals surface area contributed by atoms with E-state index >= 15 is 0 Å². The Hall–Kier alpha value is -3.18. The highest BCUT2D eigenvalue weighted by molar-refractivity contribution is 7.13. The van der Waals surface area contributed by atoms with Gasteiger partial charge >= 0.3 is 0 Å². The van der Waals surface area contributed by atoms with Gasteiger partial charge in [-0.2, -0.15) is 0 Å². The molecule has 140 valence electrons. The van der Waals surface area contributed by atoms with E-state index < -0.39 is 0 Å². The normalized spacial score (nSPS) is 10.8. The van der Waals surface area contributed by atoms with Crippen molar-refractivity contribution in [1.82, 2.24) is 4.57 Å². The molecule has 4 aromatic rings. The maximum atomic E-state index is 13.4. The highest BCUT2D eigenvalue weighted by Crippen LogP contribution is 2.35. The second-order valence-electron chi connectivity index (χ2n) is 6.39. The monoisotopic (exact) mass is 390 g/mol. The lowest BCUT2D eigenvalue weighted by Crippen LogP contribution is -2.14. The minimum atomic E-state index is -0.282. The van der Waals surface area contributed by atoms with E-state index in [1.807, 2.05) is 58.7 Å². The van der Waals surface area contributed by atoms with Crippen molar-refractivity contribution in [2.75, 3.05) is 5.32 Å². The number of hydrogen-bond acceptors (Lipinski definition) is 2.